The normalized spacial score (nSPS) is 10.7. The Morgan fingerprint density at radius 2 is 1.72 bits per heavy atom. The number of amides is 1. The Hall–Kier alpha value is -3.45. The summed E-state index contributed by atoms with van der Waals surface area (Å²) < 4.78 is 1.64. The Kier molecular flexibility index (Phi) is 5.67. The van der Waals surface area contributed by atoms with E-state index in [1.165, 1.54) is 11.8 Å². The van der Waals surface area contributed by atoms with E-state index in [4.69, 9.17) is 0 Å². The lowest BCUT2D eigenvalue weighted by Gasteiger charge is -2.07. The maximum Gasteiger partial charge on any atom is 0.234 e. The molecule has 4 aromatic rings. The molecule has 0 saturated carbocycles. The van der Waals surface area contributed by atoms with Gasteiger partial charge in [0.05, 0.1) is 11.4 Å². The topological polar surface area (TPSA) is 72.7 Å². The van der Waals surface area contributed by atoms with Gasteiger partial charge in [0.2, 0.25) is 11.1 Å². The number of nitrogens with one attached hydrogen (secondary N) is 1. The summed E-state index contributed by atoms with van der Waals surface area (Å²) in [7, 11) is 0. The molecule has 1 amide bonds. The number of carbonyl (C=O) groups is 1. The highest BCUT2D eigenvalue weighted by atomic mass is 32.2. The second-order valence-electron chi connectivity index (χ2n) is 6.49. The predicted molar refractivity (Wildman–Crippen MR) is 115 cm³/mol. The highest BCUT2D eigenvalue weighted by molar-refractivity contribution is 7.99. The fourth-order valence-corrected chi connectivity index (χ4v) is 3.59. The van der Waals surface area contributed by atoms with Gasteiger partial charge in [0, 0.05) is 5.69 Å². The minimum absolute atomic E-state index is 0.110. The number of benzene rings is 3. The van der Waals surface area contributed by atoms with Crippen LogP contribution >= 0.6 is 11.8 Å². The Morgan fingerprint density at radius 3 is 2.48 bits per heavy atom. The maximum absolute atomic E-state index is 12.4. The Bertz CT molecular complexity index is 1110. The minimum atomic E-state index is -0.110. The molecule has 4 rings (SSSR count). The molecule has 0 bridgehead atoms. The van der Waals surface area contributed by atoms with Gasteiger partial charge in [-0.2, -0.15) is 4.68 Å². The van der Waals surface area contributed by atoms with E-state index in [9.17, 15) is 4.79 Å². The van der Waals surface area contributed by atoms with Gasteiger partial charge in [-0.05, 0) is 58.3 Å². The molecule has 3 aromatic carbocycles. The molecule has 1 N–H and O–H groups in total. The fourth-order valence-electron chi connectivity index (χ4n) is 2.89. The van der Waals surface area contributed by atoms with Gasteiger partial charge in [0.25, 0.3) is 0 Å². The number of carbonyl (C=O) groups excluding carboxylic acids is 1. The average molecular weight is 401 g/mol. The van der Waals surface area contributed by atoms with E-state index in [0.29, 0.717) is 5.16 Å². The lowest BCUT2D eigenvalue weighted by Crippen LogP contribution is -2.14. The summed E-state index contributed by atoms with van der Waals surface area (Å²) >= 11 is 1.30. The van der Waals surface area contributed by atoms with Crippen LogP contribution in [-0.2, 0) is 4.79 Å². The van der Waals surface area contributed by atoms with Crippen LogP contribution in [-0.4, -0.2) is 31.9 Å². The van der Waals surface area contributed by atoms with Gasteiger partial charge in [-0.3, -0.25) is 4.79 Å². The third-order valence-electron chi connectivity index (χ3n) is 4.30. The largest absolute Gasteiger partial charge is 0.325 e. The zero-order chi connectivity index (χ0) is 20.1. The van der Waals surface area contributed by atoms with Crippen molar-refractivity contribution >= 4 is 23.4 Å². The molecule has 144 valence electrons. The van der Waals surface area contributed by atoms with Crippen molar-refractivity contribution in [2.45, 2.75) is 12.1 Å². The maximum atomic E-state index is 12.4. The molecule has 0 aliphatic carbocycles. The molecule has 1 aromatic heterocycles. The van der Waals surface area contributed by atoms with Crippen molar-refractivity contribution in [2.24, 2.45) is 0 Å². The van der Waals surface area contributed by atoms with Gasteiger partial charge in [-0.15, -0.1) is 5.10 Å². The van der Waals surface area contributed by atoms with Gasteiger partial charge in [-0.25, -0.2) is 0 Å². The summed E-state index contributed by atoms with van der Waals surface area (Å²) in [6.45, 7) is 2.01. The first-order valence-electron chi connectivity index (χ1n) is 9.12. The van der Waals surface area contributed by atoms with E-state index >= 15 is 0 Å². The first-order chi connectivity index (χ1) is 14.2. The fraction of sp³-hybridized carbons (Fsp3) is 0.0909. The highest BCUT2D eigenvalue weighted by Crippen LogP contribution is 2.22. The van der Waals surface area contributed by atoms with Crippen molar-refractivity contribution in [1.29, 1.82) is 0 Å². The Labute approximate surface area is 173 Å². The van der Waals surface area contributed by atoms with E-state index in [2.05, 4.69) is 33.0 Å². The lowest BCUT2D eigenvalue weighted by atomic mass is 10.1. The van der Waals surface area contributed by atoms with E-state index < -0.39 is 0 Å². The summed E-state index contributed by atoms with van der Waals surface area (Å²) in [5, 5.41) is 15.3. The number of nitrogens with zero attached hydrogens (tertiary/aromatic N) is 4. The molecule has 0 radical (unpaired) electrons. The first-order valence-corrected chi connectivity index (χ1v) is 10.1. The van der Waals surface area contributed by atoms with E-state index in [-0.39, 0.29) is 11.7 Å². The van der Waals surface area contributed by atoms with Crippen molar-refractivity contribution in [3.8, 4) is 16.8 Å². The molecule has 1 heterocycles. The molecule has 0 fully saturated rings. The molecule has 0 aliphatic heterocycles. The van der Waals surface area contributed by atoms with Crippen LogP contribution in [0, 0.1) is 6.92 Å². The van der Waals surface area contributed by atoms with Crippen LogP contribution in [0.1, 0.15) is 5.56 Å². The summed E-state index contributed by atoms with van der Waals surface area (Å²) in [6, 6.07) is 25.8. The van der Waals surface area contributed by atoms with Gasteiger partial charge in [0.15, 0.2) is 0 Å². The van der Waals surface area contributed by atoms with Crippen molar-refractivity contribution in [3.05, 3.63) is 84.4 Å². The van der Waals surface area contributed by atoms with Crippen LogP contribution in [0.5, 0.6) is 0 Å². The van der Waals surface area contributed by atoms with Crippen LogP contribution in [0.25, 0.3) is 16.8 Å². The predicted octanol–water partition coefficient (Wildman–Crippen LogP) is 4.37. The number of anilines is 1. The number of hydrogen-bond acceptors (Lipinski definition) is 5. The van der Waals surface area contributed by atoms with Gasteiger partial charge in [-0.1, -0.05) is 66.4 Å². The van der Waals surface area contributed by atoms with E-state index in [1.54, 1.807) is 4.68 Å². The number of rotatable bonds is 6. The average Bonchev–Trinajstić information content (AvgIpc) is 3.22. The summed E-state index contributed by atoms with van der Waals surface area (Å²) in [5.74, 6) is 0.105. The second-order valence-corrected chi connectivity index (χ2v) is 7.43. The molecule has 0 unspecified atom stereocenters. The molecule has 0 saturated heterocycles. The molecule has 0 spiro atoms. The number of tetrazole rings is 1. The van der Waals surface area contributed by atoms with Gasteiger partial charge < -0.3 is 5.32 Å². The zero-order valence-electron chi connectivity index (χ0n) is 15.8. The minimum Gasteiger partial charge on any atom is -0.325 e. The standard InChI is InChI=1S/C22H19N5OS/c1-16-6-5-9-20(14-16)27-22(24-25-26-27)29-15-21(28)23-19-12-10-18(11-13-19)17-7-3-2-4-8-17/h2-14H,15H2,1H3,(H,23,28). The number of aryl methyl sites for hydroxylation is 1. The summed E-state index contributed by atoms with van der Waals surface area (Å²) in [6.07, 6.45) is 0. The van der Waals surface area contributed by atoms with Crippen LogP contribution in [0.15, 0.2) is 84.0 Å². The Morgan fingerprint density at radius 1 is 0.966 bits per heavy atom. The second kappa shape index (κ2) is 8.70. The molecule has 0 atom stereocenters. The number of thioether (sulfide) groups is 1. The summed E-state index contributed by atoms with van der Waals surface area (Å²) in [5.41, 5.74) is 4.99. The summed E-state index contributed by atoms with van der Waals surface area (Å²) in [4.78, 5) is 12.4. The first kappa shape index (κ1) is 18.9. The molecule has 6 nitrogen and oxygen atoms in total. The molecule has 7 heteroatoms. The number of hydrogen-bond donors (Lipinski definition) is 1. The Balaban J connectivity index is 1.37. The SMILES string of the molecule is Cc1cccc(-n2nnnc2SCC(=O)Nc2ccc(-c3ccccc3)cc2)c1. The lowest BCUT2D eigenvalue weighted by molar-refractivity contribution is -0.113. The highest BCUT2D eigenvalue weighted by Gasteiger charge is 2.12. The quantitative estimate of drug-likeness (QED) is 0.486. The van der Waals surface area contributed by atoms with Crippen LogP contribution in [0.3, 0.4) is 0 Å². The van der Waals surface area contributed by atoms with Gasteiger partial charge in [0.1, 0.15) is 0 Å². The number of aromatic nitrogens is 4. The van der Waals surface area contributed by atoms with Crippen LogP contribution < -0.4 is 5.32 Å². The molecular weight excluding hydrogens is 382 g/mol. The third-order valence-corrected chi connectivity index (χ3v) is 5.21. The monoisotopic (exact) mass is 401 g/mol. The third kappa shape index (κ3) is 4.70. The molecule has 29 heavy (non-hydrogen) atoms. The van der Waals surface area contributed by atoms with Crippen molar-refractivity contribution in [3.63, 3.8) is 0 Å². The molecular formula is C22H19N5OS. The smallest absolute Gasteiger partial charge is 0.234 e. The van der Waals surface area contributed by atoms with Crippen LogP contribution in [0.2, 0.25) is 0 Å². The molecule has 0 aliphatic rings. The zero-order valence-corrected chi connectivity index (χ0v) is 16.6. The van der Waals surface area contributed by atoms with Crippen LogP contribution in [0.4, 0.5) is 5.69 Å². The van der Waals surface area contributed by atoms with Crippen molar-refractivity contribution in [2.75, 3.05) is 11.1 Å². The van der Waals surface area contributed by atoms with Gasteiger partial charge >= 0.3 is 0 Å². The van der Waals surface area contributed by atoms with Crippen molar-refractivity contribution in [1.82, 2.24) is 20.2 Å². The van der Waals surface area contributed by atoms with E-state index in [0.717, 1.165) is 28.1 Å². The van der Waals surface area contributed by atoms with E-state index in [1.807, 2.05) is 73.7 Å². The van der Waals surface area contributed by atoms with Crippen molar-refractivity contribution < 1.29 is 4.79 Å².